The quantitative estimate of drug-likeness (QED) is 0.570. The van der Waals surface area contributed by atoms with Crippen molar-refractivity contribution >= 4 is 0 Å². The van der Waals surface area contributed by atoms with E-state index in [1.54, 1.807) is 0 Å². The van der Waals surface area contributed by atoms with E-state index < -0.39 is 0 Å². The third-order valence-corrected chi connectivity index (χ3v) is 3.45. The summed E-state index contributed by atoms with van der Waals surface area (Å²) in [4.78, 5) is 0. The zero-order chi connectivity index (χ0) is 9.78. The van der Waals surface area contributed by atoms with Crippen LogP contribution in [0.1, 0.15) is 60.8 Å². The van der Waals surface area contributed by atoms with Gasteiger partial charge in [-0.05, 0) is 23.7 Å². The lowest BCUT2D eigenvalue weighted by molar-refractivity contribution is 0.132. The van der Waals surface area contributed by atoms with E-state index in [2.05, 4.69) is 41.5 Å². The molecule has 0 amide bonds. The highest BCUT2D eigenvalue weighted by molar-refractivity contribution is 4.80. The van der Waals surface area contributed by atoms with Gasteiger partial charge in [-0.2, -0.15) is 0 Å². The molecule has 0 heteroatoms. The van der Waals surface area contributed by atoms with Gasteiger partial charge < -0.3 is 0 Å². The molecule has 0 aromatic carbocycles. The first-order valence-corrected chi connectivity index (χ1v) is 5.48. The van der Waals surface area contributed by atoms with E-state index in [0.29, 0.717) is 5.41 Å². The molecule has 74 valence electrons. The molecule has 0 nitrogen and oxygen atoms in total. The van der Waals surface area contributed by atoms with Crippen molar-refractivity contribution in [2.75, 3.05) is 0 Å². The maximum atomic E-state index is 2.37. The largest absolute Gasteiger partial charge is 0.0648 e. The van der Waals surface area contributed by atoms with Crippen LogP contribution in [-0.4, -0.2) is 0 Å². The van der Waals surface area contributed by atoms with Gasteiger partial charge in [-0.25, -0.2) is 0 Å². The Morgan fingerprint density at radius 2 is 1.33 bits per heavy atom. The number of hydrogen-bond acceptors (Lipinski definition) is 0. The molecule has 0 aliphatic heterocycles. The first kappa shape index (κ1) is 12.0. The Hall–Kier alpha value is 0. The minimum atomic E-state index is 0.605. The van der Waals surface area contributed by atoms with Crippen molar-refractivity contribution in [3.05, 3.63) is 0 Å². The Labute approximate surface area is 78.8 Å². The van der Waals surface area contributed by atoms with E-state index in [4.69, 9.17) is 0 Å². The van der Waals surface area contributed by atoms with Crippen molar-refractivity contribution in [1.82, 2.24) is 0 Å². The van der Waals surface area contributed by atoms with Crippen molar-refractivity contribution in [3.63, 3.8) is 0 Å². The lowest BCUT2D eigenvalue weighted by Gasteiger charge is -2.37. The van der Waals surface area contributed by atoms with Crippen LogP contribution in [-0.2, 0) is 0 Å². The molecular formula is C12H26. The van der Waals surface area contributed by atoms with E-state index in [0.717, 1.165) is 11.8 Å². The van der Waals surface area contributed by atoms with Crippen molar-refractivity contribution in [2.45, 2.75) is 60.8 Å². The maximum absolute atomic E-state index is 2.37. The average molecular weight is 170 g/mol. The molecule has 0 aromatic rings. The summed E-state index contributed by atoms with van der Waals surface area (Å²) in [5, 5.41) is 0. The van der Waals surface area contributed by atoms with Crippen LogP contribution in [0.25, 0.3) is 0 Å². The Kier molecular flexibility index (Phi) is 4.89. The van der Waals surface area contributed by atoms with Crippen molar-refractivity contribution < 1.29 is 0 Å². The summed E-state index contributed by atoms with van der Waals surface area (Å²) in [6, 6.07) is 0. The lowest BCUT2D eigenvalue weighted by atomic mass is 9.68. The first-order chi connectivity index (χ1) is 5.48. The predicted octanol–water partition coefficient (Wildman–Crippen LogP) is 4.49. The van der Waals surface area contributed by atoms with E-state index in [9.17, 15) is 0 Å². The van der Waals surface area contributed by atoms with Gasteiger partial charge in [0.05, 0.1) is 0 Å². The van der Waals surface area contributed by atoms with E-state index in [-0.39, 0.29) is 0 Å². The monoisotopic (exact) mass is 170 g/mol. The fourth-order valence-electron chi connectivity index (χ4n) is 2.40. The predicted molar refractivity (Wildman–Crippen MR) is 57.3 cm³/mol. The molecule has 0 aliphatic rings. The van der Waals surface area contributed by atoms with Gasteiger partial charge in [0.25, 0.3) is 0 Å². The first-order valence-electron chi connectivity index (χ1n) is 5.48. The maximum Gasteiger partial charge on any atom is -0.0277 e. The van der Waals surface area contributed by atoms with Crippen molar-refractivity contribution in [2.24, 2.45) is 17.3 Å². The molecule has 0 N–H and O–H groups in total. The molecule has 0 fully saturated rings. The SMILES string of the molecule is CCC(CC)(CC(C)C)C(C)C. The Morgan fingerprint density at radius 1 is 0.917 bits per heavy atom. The second kappa shape index (κ2) is 4.89. The van der Waals surface area contributed by atoms with Gasteiger partial charge in [-0.1, -0.05) is 54.4 Å². The highest BCUT2D eigenvalue weighted by atomic mass is 14.3. The molecule has 0 aliphatic carbocycles. The van der Waals surface area contributed by atoms with E-state index in [1.165, 1.54) is 19.3 Å². The van der Waals surface area contributed by atoms with Gasteiger partial charge >= 0.3 is 0 Å². The molecule has 0 saturated heterocycles. The molecule has 0 aromatic heterocycles. The lowest BCUT2D eigenvalue weighted by Crippen LogP contribution is -2.27. The zero-order valence-electron chi connectivity index (χ0n) is 9.78. The molecule has 0 unspecified atom stereocenters. The van der Waals surface area contributed by atoms with E-state index in [1.807, 2.05) is 0 Å². The molecule has 0 atom stereocenters. The fourth-order valence-corrected chi connectivity index (χ4v) is 2.40. The minimum Gasteiger partial charge on any atom is -0.0648 e. The average Bonchev–Trinajstić information content (AvgIpc) is 1.99. The molecule has 0 bridgehead atoms. The Balaban J connectivity index is 4.35. The Bertz CT molecular complexity index is 107. The minimum absolute atomic E-state index is 0.605. The van der Waals surface area contributed by atoms with Crippen molar-refractivity contribution in [1.29, 1.82) is 0 Å². The smallest absolute Gasteiger partial charge is 0.0277 e. The van der Waals surface area contributed by atoms with Crippen LogP contribution in [0.2, 0.25) is 0 Å². The van der Waals surface area contributed by atoms with Gasteiger partial charge in [0, 0.05) is 0 Å². The zero-order valence-corrected chi connectivity index (χ0v) is 9.78. The van der Waals surface area contributed by atoms with Crippen LogP contribution in [0.4, 0.5) is 0 Å². The molecule has 0 saturated carbocycles. The van der Waals surface area contributed by atoms with Gasteiger partial charge in [0.2, 0.25) is 0 Å². The summed E-state index contributed by atoms with van der Waals surface area (Å²) in [5.41, 5.74) is 0.605. The van der Waals surface area contributed by atoms with Gasteiger partial charge in [0.15, 0.2) is 0 Å². The molecule has 0 rings (SSSR count). The molecule has 0 heterocycles. The van der Waals surface area contributed by atoms with Crippen LogP contribution >= 0.6 is 0 Å². The van der Waals surface area contributed by atoms with Crippen LogP contribution < -0.4 is 0 Å². The fraction of sp³-hybridized carbons (Fsp3) is 1.00. The van der Waals surface area contributed by atoms with Crippen LogP contribution in [0.3, 0.4) is 0 Å². The highest BCUT2D eigenvalue weighted by Crippen LogP contribution is 2.40. The highest BCUT2D eigenvalue weighted by Gasteiger charge is 2.30. The standard InChI is InChI=1S/C12H26/c1-7-12(8-2,11(5)6)9-10(3)4/h10-11H,7-9H2,1-6H3. The molecular weight excluding hydrogens is 144 g/mol. The summed E-state index contributed by atoms with van der Waals surface area (Å²) in [6.07, 6.45) is 4.05. The number of hydrogen-bond donors (Lipinski definition) is 0. The topological polar surface area (TPSA) is 0 Å². The normalized spacial score (nSPS) is 13.0. The van der Waals surface area contributed by atoms with Gasteiger partial charge in [-0.3, -0.25) is 0 Å². The molecule has 12 heavy (non-hydrogen) atoms. The third-order valence-electron chi connectivity index (χ3n) is 3.45. The van der Waals surface area contributed by atoms with E-state index >= 15 is 0 Å². The molecule has 0 spiro atoms. The summed E-state index contributed by atoms with van der Waals surface area (Å²) in [7, 11) is 0. The van der Waals surface area contributed by atoms with Gasteiger partial charge in [-0.15, -0.1) is 0 Å². The molecule has 0 radical (unpaired) electrons. The second-order valence-corrected chi connectivity index (χ2v) is 4.82. The summed E-state index contributed by atoms with van der Waals surface area (Å²) >= 11 is 0. The van der Waals surface area contributed by atoms with Crippen molar-refractivity contribution in [3.8, 4) is 0 Å². The number of rotatable bonds is 5. The summed E-state index contributed by atoms with van der Waals surface area (Å²) < 4.78 is 0. The Morgan fingerprint density at radius 3 is 1.42 bits per heavy atom. The second-order valence-electron chi connectivity index (χ2n) is 4.82. The van der Waals surface area contributed by atoms with Crippen LogP contribution in [0.15, 0.2) is 0 Å². The summed E-state index contributed by atoms with van der Waals surface area (Å²) in [6.45, 7) is 14.1. The van der Waals surface area contributed by atoms with Crippen LogP contribution in [0.5, 0.6) is 0 Å². The van der Waals surface area contributed by atoms with Crippen LogP contribution in [0, 0.1) is 17.3 Å². The third kappa shape index (κ3) is 2.80. The summed E-state index contributed by atoms with van der Waals surface area (Å²) in [5.74, 6) is 1.67. The van der Waals surface area contributed by atoms with Gasteiger partial charge in [0.1, 0.15) is 0 Å².